The van der Waals surface area contributed by atoms with Gasteiger partial charge in [0.1, 0.15) is 6.10 Å². The molecule has 6 atom stereocenters. The molecule has 0 unspecified atom stereocenters. The van der Waals surface area contributed by atoms with Gasteiger partial charge in [-0.15, -0.1) is 0 Å². The molecule has 0 aromatic heterocycles. The van der Waals surface area contributed by atoms with E-state index in [1.165, 1.54) is 0 Å². The van der Waals surface area contributed by atoms with E-state index in [1.807, 2.05) is 6.92 Å². The molecular formula is C15H27O7-. The van der Waals surface area contributed by atoms with Gasteiger partial charge < -0.3 is 34.7 Å². The van der Waals surface area contributed by atoms with Gasteiger partial charge in [0, 0.05) is 18.8 Å². The lowest BCUT2D eigenvalue weighted by molar-refractivity contribution is -0.307. The normalized spacial score (nSPS) is 31.7. The van der Waals surface area contributed by atoms with Gasteiger partial charge in [-0.1, -0.05) is 12.8 Å². The highest BCUT2D eigenvalue weighted by Crippen LogP contribution is 2.23. The molecule has 1 aliphatic heterocycles. The second kappa shape index (κ2) is 9.42. The van der Waals surface area contributed by atoms with Crippen molar-refractivity contribution < 1.29 is 34.7 Å². The van der Waals surface area contributed by atoms with Crippen LogP contribution in [0.15, 0.2) is 0 Å². The summed E-state index contributed by atoms with van der Waals surface area (Å²) in [6.45, 7) is 3.60. The lowest BCUT2D eigenvalue weighted by Crippen LogP contribution is -2.48. The maximum atomic E-state index is 10.3. The van der Waals surface area contributed by atoms with Crippen LogP contribution in [0.3, 0.4) is 0 Å². The molecule has 1 heterocycles. The number of aliphatic hydroxyl groups excluding tert-OH is 3. The lowest BCUT2D eigenvalue weighted by Gasteiger charge is -2.36. The van der Waals surface area contributed by atoms with E-state index in [9.17, 15) is 25.2 Å². The van der Waals surface area contributed by atoms with E-state index in [0.29, 0.717) is 19.3 Å². The van der Waals surface area contributed by atoms with Gasteiger partial charge in [0.2, 0.25) is 0 Å². The molecule has 0 bridgehead atoms. The number of carbonyl (C=O) groups excluding carboxylic acids is 1. The Morgan fingerprint density at radius 2 is 1.95 bits per heavy atom. The van der Waals surface area contributed by atoms with E-state index in [2.05, 4.69) is 0 Å². The number of unbranched alkanes of at least 4 members (excludes halogenated alkanes) is 1. The monoisotopic (exact) mass is 319 g/mol. The number of hydrogen-bond donors (Lipinski definition) is 3. The summed E-state index contributed by atoms with van der Waals surface area (Å²) in [5, 5.41) is 39.1. The molecular weight excluding hydrogens is 292 g/mol. The number of ether oxygens (including phenoxy) is 2. The van der Waals surface area contributed by atoms with Gasteiger partial charge in [-0.2, -0.15) is 0 Å². The maximum absolute atomic E-state index is 10.3. The minimum Gasteiger partial charge on any atom is -0.550 e. The summed E-state index contributed by atoms with van der Waals surface area (Å²) >= 11 is 0. The van der Waals surface area contributed by atoms with Crippen LogP contribution < -0.4 is 5.11 Å². The van der Waals surface area contributed by atoms with Gasteiger partial charge in [0.05, 0.1) is 24.4 Å². The zero-order chi connectivity index (χ0) is 16.7. The fourth-order valence-corrected chi connectivity index (χ4v) is 2.47. The van der Waals surface area contributed by atoms with E-state index >= 15 is 0 Å². The van der Waals surface area contributed by atoms with Gasteiger partial charge in [-0.3, -0.25) is 0 Å². The first kappa shape index (κ1) is 19.3. The quantitative estimate of drug-likeness (QED) is 0.481. The van der Waals surface area contributed by atoms with Crippen LogP contribution in [0.5, 0.6) is 0 Å². The third kappa shape index (κ3) is 7.02. The van der Waals surface area contributed by atoms with E-state index in [4.69, 9.17) is 9.47 Å². The highest BCUT2D eigenvalue weighted by Gasteiger charge is 2.35. The first-order chi connectivity index (χ1) is 10.3. The van der Waals surface area contributed by atoms with Gasteiger partial charge in [0.15, 0.2) is 6.29 Å². The van der Waals surface area contributed by atoms with Crippen LogP contribution >= 0.6 is 0 Å². The molecule has 1 fully saturated rings. The Labute approximate surface area is 130 Å². The molecule has 0 radical (unpaired) electrons. The number of carboxylic acids is 1. The number of rotatable bonds is 9. The Hall–Kier alpha value is -0.730. The molecule has 0 aromatic rings. The number of carboxylic acid groups (broad SMARTS) is 1. The fraction of sp³-hybridized carbons (Fsp3) is 0.933. The van der Waals surface area contributed by atoms with Crippen molar-refractivity contribution in [2.24, 2.45) is 0 Å². The fourth-order valence-electron chi connectivity index (χ4n) is 2.47. The lowest BCUT2D eigenvalue weighted by atomic mass is 10.0. The van der Waals surface area contributed by atoms with Crippen molar-refractivity contribution in [2.75, 3.05) is 0 Å². The van der Waals surface area contributed by atoms with Gasteiger partial charge in [-0.25, -0.2) is 0 Å². The van der Waals surface area contributed by atoms with Gasteiger partial charge in [0.25, 0.3) is 0 Å². The predicted molar refractivity (Wildman–Crippen MR) is 75.6 cm³/mol. The second-order valence-electron chi connectivity index (χ2n) is 6.04. The Morgan fingerprint density at radius 1 is 1.32 bits per heavy atom. The summed E-state index contributed by atoms with van der Waals surface area (Å²) in [5.41, 5.74) is 0. The summed E-state index contributed by atoms with van der Waals surface area (Å²) in [6.07, 6.45) is -1.19. The molecule has 0 aliphatic carbocycles. The van der Waals surface area contributed by atoms with Crippen molar-refractivity contribution in [1.82, 2.24) is 0 Å². The van der Waals surface area contributed by atoms with Crippen LogP contribution in [0.4, 0.5) is 0 Å². The minimum absolute atomic E-state index is 0.139. The molecule has 22 heavy (non-hydrogen) atoms. The second-order valence-corrected chi connectivity index (χ2v) is 6.04. The van der Waals surface area contributed by atoms with E-state index in [-0.39, 0.29) is 25.0 Å². The van der Waals surface area contributed by atoms with Crippen molar-refractivity contribution in [1.29, 1.82) is 0 Å². The average Bonchev–Trinajstić information content (AvgIpc) is 2.40. The molecule has 1 aliphatic rings. The standard InChI is InChI=1S/C15H28O7/c1-9(5-3-4-6-11(16)7-14(19)20)21-15-13(18)8-12(17)10(2)22-15/h9-13,15-18H,3-8H2,1-2H3,(H,19,20)/p-1/t9-,10+,11-,12-,13-,15-/m1/s1. The Morgan fingerprint density at radius 3 is 2.59 bits per heavy atom. The first-order valence-electron chi connectivity index (χ1n) is 7.84. The predicted octanol–water partition coefficient (Wildman–Crippen LogP) is -0.690. The Bertz CT molecular complexity index is 336. The van der Waals surface area contributed by atoms with Crippen LogP contribution in [-0.4, -0.2) is 58.1 Å². The zero-order valence-corrected chi connectivity index (χ0v) is 13.2. The molecule has 3 N–H and O–H groups in total. The number of aliphatic carboxylic acids is 1. The third-order valence-corrected chi connectivity index (χ3v) is 3.85. The molecule has 7 nitrogen and oxygen atoms in total. The van der Waals surface area contributed by atoms with Crippen molar-refractivity contribution in [3.05, 3.63) is 0 Å². The smallest absolute Gasteiger partial charge is 0.184 e. The van der Waals surface area contributed by atoms with Crippen LogP contribution in [0, 0.1) is 0 Å². The summed E-state index contributed by atoms with van der Waals surface area (Å²) in [4.78, 5) is 10.3. The van der Waals surface area contributed by atoms with Crippen molar-refractivity contribution in [2.45, 2.75) is 89.2 Å². The molecule has 0 amide bonds. The molecule has 0 aromatic carbocycles. The Balaban J connectivity index is 2.18. The third-order valence-electron chi connectivity index (χ3n) is 3.85. The largest absolute Gasteiger partial charge is 0.550 e. The van der Waals surface area contributed by atoms with Crippen LogP contribution in [0.1, 0.15) is 52.4 Å². The summed E-state index contributed by atoms with van der Waals surface area (Å²) in [6, 6.07) is 0. The van der Waals surface area contributed by atoms with Gasteiger partial charge >= 0.3 is 0 Å². The molecule has 130 valence electrons. The minimum atomic E-state index is -1.25. The number of carbonyl (C=O) groups is 1. The Kier molecular flexibility index (Phi) is 8.27. The maximum Gasteiger partial charge on any atom is 0.184 e. The number of aliphatic hydroxyl groups is 3. The molecule has 1 rings (SSSR count). The van der Waals surface area contributed by atoms with Crippen molar-refractivity contribution >= 4 is 5.97 Å². The van der Waals surface area contributed by atoms with Crippen molar-refractivity contribution in [3.63, 3.8) is 0 Å². The summed E-state index contributed by atoms with van der Waals surface area (Å²) in [5.74, 6) is -1.25. The van der Waals surface area contributed by atoms with Crippen LogP contribution in [0.25, 0.3) is 0 Å². The zero-order valence-electron chi connectivity index (χ0n) is 13.2. The SMILES string of the molecule is C[C@H](CCCC[C@@H](O)CC(=O)[O-])O[C@@H]1O[C@@H](C)[C@H](O)C[C@H]1O. The number of hydrogen-bond acceptors (Lipinski definition) is 7. The van der Waals surface area contributed by atoms with Gasteiger partial charge in [-0.05, 0) is 26.7 Å². The molecule has 7 heteroatoms. The first-order valence-corrected chi connectivity index (χ1v) is 7.84. The highest BCUT2D eigenvalue weighted by atomic mass is 16.7. The van der Waals surface area contributed by atoms with Crippen molar-refractivity contribution in [3.8, 4) is 0 Å². The van der Waals surface area contributed by atoms with E-state index < -0.39 is 30.6 Å². The van der Waals surface area contributed by atoms with E-state index in [1.54, 1.807) is 6.92 Å². The van der Waals surface area contributed by atoms with Crippen LogP contribution in [0.2, 0.25) is 0 Å². The molecule has 1 saturated heterocycles. The summed E-state index contributed by atoms with van der Waals surface area (Å²) in [7, 11) is 0. The average molecular weight is 319 g/mol. The highest BCUT2D eigenvalue weighted by molar-refractivity contribution is 5.64. The summed E-state index contributed by atoms with van der Waals surface area (Å²) < 4.78 is 11.1. The van der Waals surface area contributed by atoms with Crippen LogP contribution in [-0.2, 0) is 14.3 Å². The molecule has 0 spiro atoms. The van der Waals surface area contributed by atoms with E-state index in [0.717, 1.165) is 6.42 Å². The topological polar surface area (TPSA) is 119 Å². The molecule has 0 saturated carbocycles.